The molecule has 0 saturated carbocycles. The highest BCUT2D eigenvalue weighted by molar-refractivity contribution is 5.92. The van der Waals surface area contributed by atoms with Crippen LogP contribution in [0.5, 0.6) is 0 Å². The number of rotatable bonds is 4. The normalized spacial score (nSPS) is 11.5. The van der Waals surface area contributed by atoms with E-state index >= 15 is 0 Å². The monoisotopic (exact) mass is 281 g/mol. The van der Waals surface area contributed by atoms with Gasteiger partial charge in [-0.25, -0.2) is 0 Å². The second-order valence-electron chi connectivity index (χ2n) is 5.44. The number of aryl methyl sites for hydroxylation is 3. The van der Waals surface area contributed by atoms with Crippen molar-refractivity contribution in [1.29, 1.82) is 0 Å². The highest BCUT2D eigenvalue weighted by Gasteiger charge is 1.99. The van der Waals surface area contributed by atoms with Crippen LogP contribution in [0.1, 0.15) is 22.3 Å². The SMILES string of the molecule is Cc1ccc(NC(N)=NCCc2ccc(C)cc2C)cc1. The molecule has 0 aliphatic heterocycles. The van der Waals surface area contributed by atoms with Gasteiger partial charge in [-0.05, 0) is 50.5 Å². The van der Waals surface area contributed by atoms with Crippen LogP contribution in [0.4, 0.5) is 5.69 Å². The zero-order valence-corrected chi connectivity index (χ0v) is 13.0. The Morgan fingerprint density at radius 1 is 1.00 bits per heavy atom. The molecule has 0 atom stereocenters. The van der Waals surface area contributed by atoms with Crippen molar-refractivity contribution in [2.45, 2.75) is 27.2 Å². The van der Waals surface area contributed by atoms with Gasteiger partial charge in [-0.3, -0.25) is 4.99 Å². The average molecular weight is 281 g/mol. The summed E-state index contributed by atoms with van der Waals surface area (Å²) >= 11 is 0. The fraction of sp³-hybridized carbons (Fsp3) is 0.278. The van der Waals surface area contributed by atoms with Crippen molar-refractivity contribution in [1.82, 2.24) is 0 Å². The number of nitrogens with two attached hydrogens (primary N) is 1. The van der Waals surface area contributed by atoms with E-state index in [0.717, 1.165) is 12.1 Å². The van der Waals surface area contributed by atoms with E-state index in [1.807, 2.05) is 24.3 Å². The van der Waals surface area contributed by atoms with Crippen molar-refractivity contribution in [3.05, 3.63) is 64.7 Å². The maximum Gasteiger partial charge on any atom is 0.193 e. The summed E-state index contributed by atoms with van der Waals surface area (Å²) in [6.45, 7) is 7.00. The highest BCUT2D eigenvalue weighted by Crippen LogP contribution is 2.11. The van der Waals surface area contributed by atoms with Crippen LogP contribution in [-0.4, -0.2) is 12.5 Å². The van der Waals surface area contributed by atoms with Gasteiger partial charge in [0, 0.05) is 12.2 Å². The third-order valence-corrected chi connectivity index (χ3v) is 3.49. The number of hydrogen-bond donors (Lipinski definition) is 2. The van der Waals surface area contributed by atoms with E-state index in [0.29, 0.717) is 12.5 Å². The predicted octanol–water partition coefficient (Wildman–Crippen LogP) is 3.58. The molecule has 110 valence electrons. The molecule has 3 nitrogen and oxygen atoms in total. The lowest BCUT2D eigenvalue weighted by Crippen LogP contribution is -2.23. The number of hydrogen-bond acceptors (Lipinski definition) is 1. The first-order valence-corrected chi connectivity index (χ1v) is 7.24. The second kappa shape index (κ2) is 6.93. The second-order valence-corrected chi connectivity index (χ2v) is 5.44. The van der Waals surface area contributed by atoms with E-state index < -0.39 is 0 Å². The average Bonchev–Trinajstić information content (AvgIpc) is 2.44. The fourth-order valence-electron chi connectivity index (χ4n) is 2.25. The van der Waals surface area contributed by atoms with Gasteiger partial charge in [-0.15, -0.1) is 0 Å². The van der Waals surface area contributed by atoms with Crippen LogP contribution < -0.4 is 11.1 Å². The first kappa shape index (κ1) is 15.1. The summed E-state index contributed by atoms with van der Waals surface area (Å²) in [6, 6.07) is 14.6. The minimum absolute atomic E-state index is 0.462. The summed E-state index contributed by atoms with van der Waals surface area (Å²) in [5, 5.41) is 3.11. The number of aliphatic imine (C=N–C) groups is 1. The summed E-state index contributed by atoms with van der Waals surface area (Å²) in [6.07, 6.45) is 0.905. The molecule has 3 N–H and O–H groups in total. The van der Waals surface area contributed by atoms with Crippen molar-refractivity contribution in [3.63, 3.8) is 0 Å². The summed E-state index contributed by atoms with van der Waals surface area (Å²) in [5.41, 5.74) is 12.0. The molecule has 3 heteroatoms. The van der Waals surface area contributed by atoms with Gasteiger partial charge >= 0.3 is 0 Å². The summed E-state index contributed by atoms with van der Waals surface area (Å²) in [7, 11) is 0. The van der Waals surface area contributed by atoms with Crippen LogP contribution >= 0.6 is 0 Å². The van der Waals surface area contributed by atoms with Crippen LogP contribution in [0.15, 0.2) is 47.5 Å². The third-order valence-electron chi connectivity index (χ3n) is 3.49. The van der Waals surface area contributed by atoms with E-state index in [9.17, 15) is 0 Å². The van der Waals surface area contributed by atoms with Gasteiger partial charge in [0.25, 0.3) is 0 Å². The molecule has 2 rings (SSSR count). The quantitative estimate of drug-likeness (QED) is 0.665. The van der Waals surface area contributed by atoms with Crippen LogP contribution in [-0.2, 0) is 6.42 Å². The van der Waals surface area contributed by atoms with Gasteiger partial charge in [0.1, 0.15) is 0 Å². The maximum atomic E-state index is 5.91. The van der Waals surface area contributed by atoms with Gasteiger partial charge in [-0.2, -0.15) is 0 Å². The molecule has 21 heavy (non-hydrogen) atoms. The zero-order valence-electron chi connectivity index (χ0n) is 13.0. The number of benzene rings is 2. The Hall–Kier alpha value is -2.29. The standard InChI is InChI=1S/C18H23N3/c1-13-5-8-17(9-6-13)21-18(19)20-11-10-16-7-4-14(2)12-15(16)3/h4-9,12H,10-11H2,1-3H3,(H3,19,20,21). The van der Waals surface area contributed by atoms with E-state index in [1.54, 1.807) is 0 Å². The molecule has 0 saturated heterocycles. The number of nitrogens with one attached hydrogen (secondary N) is 1. The molecule has 0 aromatic heterocycles. The van der Waals surface area contributed by atoms with Gasteiger partial charge in [-0.1, -0.05) is 41.5 Å². The Morgan fingerprint density at radius 2 is 1.67 bits per heavy atom. The van der Waals surface area contributed by atoms with Crippen molar-refractivity contribution in [3.8, 4) is 0 Å². The molecule has 0 bridgehead atoms. The van der Waals surface area contributed by atoms with Crippen LogP contribution in [0.2, 0.25) is 0 Å². The molecular formula is C18H23N3. The van der Waals surface area contributed by atoms with E-state index in [-0.39, 0.29) is 0 Å². The molecule has 0 amide bonds. The number of anilines is 1. The summed E-state index contributed by atoms with van der Waals surface area (Å²) in [4.78, 5) is 4.38. The molecule has 0 aliphatic rings. The van der Waals surface area contributed by atoms with E-state index in [2.05, 4.69) is 49.3 Å². The van der Waals surface area contributed by atoms with Gasteiger partial charge in [0.2, 0.25) is 0 Å². The van der Waals surface area contributed by atoms with Crippen LogP contribution in [0, 0.1) is 20.8 Å². The third kappa shape index (κ3) is 4.63. The predicted molar refractivity (Wildman–Crippen MR) is 90.9 cm³/mol. The van der Waals surface area contributed by atoms with Gasteiger partial charge in [0.05, 0.1) is 0 Å². The Morgan fingerprint density at radius 3 is 2.33 bits per heavy atom. The first-order valence-electron chi connectivity index (χ1n) is 7.24. The molecular weight excluding hydrogens is 258 g/mol. The smallest absolute Gasteiger partial charge is 0.193 e. The largest absolute Gasteiger partial charge is 0.370 e. The molecule has 0 spiro atoms. The lowest BCUT2D eigenvalue weighted by atomic mass is 10.0. The fourth-order valence-corrected chi connectivity index (χ4v) is 2.25. The van der Waals surface area contributed by atoms with Crippen molar-refractivity contribution in [2.75, 3.05) is 11.9 Å². The topological polar surface area (TPSA) is 50.4 Å². The molecule has 0 unspecified atom stereocenters. The van der Waals surface area contributed by atoms with Crippen molar-refractivity contribution >= 4 is 11.6 Å². The minimum atomic E-state index is 0.462. The molecule has 0 fully saturated rings. The van der Waals surface area contributed by atoms with E-state index in [4.69, 9.17) is 5.73 Å². The maximum absolute atomic E-state index is 5.91. The molecule has 0 aliphatic carbocycles. The Kier molecular flexibility index (Phi) is 4.99. The molecule has 0 radical (unpaired) electrons. The van der Waals surface area contributed by atoms with Crippen molar-refractivity contribution < 1.29 is 0 Å². The number of nitrogens with zero attached hydrogens (tertiary/aromatic N) is 1. The van der Waals surface area contributed by atoms with Crippen LogP contribution in [0.3, 0.4) is 0 Å². The van der Waals surface area contributed by atoms with Gasteiger partial charge < -0.3 is 11.1 Å². The van der Waals surface area contributed by atoms with E-state index in [1.165, 1.54) is 22.3 Å². The first-order chi connectivity index (χ1) is 10.0. The lowest BCUT2D eigenvalue weighted by molar-refractivity contribution is 0.953. The van der Waals surface area contributed by atoms with Crippen LogP contribution in [0.25, 0.3) is 0 Å². The van der Waals surface area contributed by atoms with Crippen molar-refractivity contribution in [2.24, 2.45) is 10.7 Å². The Bertz CT molecular complexity index is 627. The Labute approximate surface area is 126 Å². The molecule has 2 aromatic rings. The summed E-state index contributed by atoms with van der Waals surface area (Å²) < 4.78 is 0. The Balaban J connectivity index is 1.90. The number of guanidine groups is 1. The van der Waals surface area contributed by atoms with Gasteiger partial charge in [0.15, 0.2) is 5.96 Å². The molecule has 0 heterocycles. The zero-order chi connectivity index (χ0) is 15.2. The lowest BCUT2D eigenvalue weighted by Gasteiger charge is -2.07. The summed E-state index contributed by atoms with van der Waals surface area (Å²) in [5.74, 6) is 0.462. The molecule has 2 aromatic carbocycles. The minimum Gasteiger partial charge on any atom is -0.370 e. The highest BCUT2D eigenvalue weighted by atomic mass is 15.1.